The summed E-state index contributed by atoms with van der Waals surface area (Å²) in [6, 6.07) is 6.96. The van der Waals surface area contributed by atoms with Crippen LogP contribution in [0.2, 0.25) is 5.02 Å². The normalized spacial score (nSPS) is 25.4. The SMILES string of the molecule is CC1(C)CCCNC1c1nc2cccc(Cl)c2n1C1CC1. The van der Waals surface area contributed by atoms with Gasteiger partial charge in [0.2, 0.25) is 0 Å². The Balaban J connectivity index is 1.92. The molecule has 1 aliphatic heterocycles. The number of aromatic nitrogens is 2. The molecule has 2 aliphatic rings. The van der Waals surface area contributed by atoms with Crippen molar-refractivity contribution in [2.45, 2.75) is 51.6 Å². The van der Waals surface area contributed by atoms with Crippen LogP contribution >= 0.6 is 11.6 Å². The molecule has 2 aromatic rings. The lowest BCUT2D eigenvalue weighted by Crippen LogP contribution is -2.41. The second-order valence-electron chi connectivity index (χ2n) is 7.16. The van der Waals surface area contributed by atoms with Crippen LogP contribution in [0.1, 0.15) is 57.4 Å². The predicted molar refractivity (Wildman–Crippen MR) is 86.8 cm³/mol. The van der Waals surface area contributed by atoms with Crippen LogP contribution in [0, 0.1) is 5.41 Å². The first-order valence-electron chi connectivity index (χ1n) is 7.98. The van der Waals surface area contributed by atoms with Crippen molar-refractivity contribution in [3.05, 3.63) is 29.0 Å². The third-order valence-electron chi connectivity index (χ3n) is 4.99. The highest BCUT2D eigenvalue weighted by Gasteiger charge is 2.39. The van der Waals surface area contributed by atoms with Crippen molar-refractivity contribution >= 4 is 22.6 Å². The Morgan fingerprint density at radius 2 is 2.14 bits per heavy atom. The van der Waals surface area contributed by atoms with Gasteiger partial charge in [0.05, 0.1) is 22.1 Å². The first kappa shape index (κ1) is 13.6. The zero-order valence-corrected chi connectivity index (χ0v) is 13.5. The van der Waals surface area contributed by atoms with E-state index in [0.29, 0.717) is 12.1 Å². The van der Waals surface area contributed by atoms with E-state index in [4.69, 9.17) is 16.6 Å². The van der Waals surface area contributed by atoms with Gasteiger partial charge in [0.25, 0.3) is 0 Å². The second kappa shape index (κ2) is 4.72. The molecule has 2 heterocycles. The van der Waals surface area contributed by atoms with E-state index in [1.165, 1.54) is 31.5 Å². The van der Waals surface area contributed by atoms with E-state index in [0.717, 1.165) is 22.6 Å². The average Bonchev–Trinajstić information content (AvgIpc) is 3.19. The Morgan fingerprint density at radius 3 is 2.86 bits per heavy atom. The van der Waals surface area contributed by atoms with E-state index in [2.05, 4.69) is 29.8 Å². The largest absolute Gasteiger partial charge is 0.322 e. The highest BCUT2D eigenvalue weighted by Crippen LogP contribution is 2.46. The van der Waals surface area contributed by atoms with Crippen LogP contribution in [-0.2, 0) is 0 Å². The number of hydrogen-bond acceptors (Lipinski definition) is 2. The average molecular weight is 304 g/mol. The fourth-order valence-electron chi connectivity index (χ4n) is 3.68. The molecule has 0 bridgehead atoms. The van der Waals surface area contributed by atoms with Crippen LogP contribution in [0.4, 0.5) is 0 Å². The van der Waals surface area contributed by atoms with Crippen LogP contribution in [-0.4, -0.2) is 16.1 Å². The summed E-state index contributed by atoms with van der Waals surface area (Å²) >= 11 is 6.48. The number of halogens is 1. The Hall–Kier alpha value is -1.06. The van der Waals surface area contributed by atoms with Gasteiger partial charge >= 0.3 is 0 Å². The third-order valence-corrected chi connectivity index (χ3v) is 5.29. The number of fused-ring (bicyclic) bond motifs is 1. The van der Waals surface area contributed by atoms with E-state index >= 15 is 0 Å². The highest BCUT2D eigenvalue weighted by molar-refractivity contribution is 6.35. The minimum Gasteiger partial charge on any atom is -0.322 e. The Morgan fingerprint density at radius 1 is 1.33 bits per heavy atom. The second-order valence-corrected chi connectivity index (χ2v) is 7.57. The van der Waals surface area contributed by atoms with Crippen molar-refractivity contribution in [1.29, 1.82) is 0 Å². The number of nitrogens with one attached hydrogen (secondary N) is 1. The first-order valence-corrected chi connectivity index (χ1v) is 8.35. The summed E-state index contributed by atoms with van der Waals surface area (Å²) in [4.78, 5) is 4.97. The van der Waals surface area contributed by atoms with Crippen LogP contribution in [0.25, 0.3) is 11.0 Å². The maximum atomic E-state index is 6.48. The molecule has 1 saturated heterocycles. The number of rotatable bonds is 2. The monoisotopic (exact) mass is 303 g/mol. The molecule has 4 heteroatoms. The smallest absolute Gasteiger partial charge is 0.127 e. The number of imidazole rings is 1. The number of nitrogens with zero attached hydrogens (tertiary/aromatic N) is 2. The molecule has 0 radical (unpaired) electrons. The minimum absolute atomic E-state index is 0.235. The highest BCUT2D eigenvalue weighted by atomic mass is 35.5. The molecule has 1 unspecified atom stereocenters. The van der Waals surface area contributed by atoms with Crippen molar-refractivity contribution < 1.29 is 0 Å². The summed E-state index contributed by atoms with van der Waals surface area (Å²) in [6.45, 7) is 5.78. The minimum atomic E-state index is 0.235. The number of piperidine rings is 1. The number of benzene rings is 1. The number of para-hydroxylation sites is 1. The Kier molecular flexibility index (Phi) is 3.05. The number of hydrogen-bond donors (Lipinski definition) is 1. The maximum absolute atomic E-state index is 6.48. The van der Waals surface area contributed by atoms with Gasteiger partial charge in [0.15, 0.2) is 0 Å². The lowest BCUT2D eigenvalue weighted by molar-refractivity contribution is 0.171. The Labute approximate surface area is 130 Å². The van der Waals surface area contributed by atoms with Crippen LogP contribution in [0.5, 0.6) is 0 Å². The molecule has 3 nitrogen and oxygen atoms in total. The molecule has 1 N–H and O–H groups in total. The van der Waals surface area contributed by atoms with Gasteiger partial charge in [-0.05, 0) is 49.8 Å². The fourth-order valence-corrected chi connectivity index (χ4v) is 3.94. The molecule has 1 saturated carbocycles. The van der Waals surface area contributed by atoms with Crippen molar-refractivity contribution in [3.63, 3.8) is 0 Å². The lowest BCUT2D eigenvalue weighted by atomic mass is 9.77. The van der Waals surface area contributed by atoms with Crippen LogP contribution in [0.15, 0.2) is 18.2 Å². The topological polar surface area (TPSA) is 29.9 Å². The van der Waals surface area contributed by atoms with Crippen molar-refractivity contribution in [2.24, 2.45) is 5.41 Å². The molecule has 0 spiro atoms. The standard InChI is InChI=1S/C17H22ClN3/c1-17(2)9-4-10-19-15(17)16-20-13-6-3-5-12(18)14(13)21(16)11-7-8-11/h3,5-6,11,15,19H,4,7-10H2,1-2H3. The summed E-state index contributed by atoms with van der Waals surface area (Å²) in [5, 5.41) is 4.53. The Bertz CT molecular complexity index is 685. The molecule has 4 rings (SSSR count). The molecule has 2 fully saturated rings. The van der Waals surface area contributed by atoms with Gasteiger partial charge in [0.1, 0.15) is 5.82 Å². The molecule has 21 heavy (non-hydrogen) atoms. The summed E-state index contributed by atoms with van der Waals surface area (Å²) in [5.41, 5.74) is 2.39. The van der Waals surface area contributed by atoms with Gasteiger partial charge in [-0.25, -0.2) is 4.98 Å². The van der Waals surface area contributed by atoms with Gasteiger partial charge in [-0.15, -0.1) is 0 Å². The van der Waals surface area contributed by atoms with E-state index in [1.54, 1.807) is 0 Å². The molecular formula is C17H22ClN3. The van der Waals surface area contributed by atoms with E-state index < -0.39 is 0 Å². The zero-order chi connectivity index (χ0) is 14.6. The van der Waals surface area contributed by atoms with Crippen molar-refractivity contribution in [1.82, 2.24) is 14.9 Å². The third kappa shape index (κ3) is 2.18. The summed E-state index contributed by atoms with van der Waals surface area (Å²) in [6.07, 6.45) is 4.98. The quantitative estimate of drug-likeness (QED) is 0.886. The van der Waals surface area contributed by atoms with E-state index in [1.807, 2.05) is 12.1 Å². The van der Waals surface area contributed by atoms with Crippen LogP contribution < -0.4 is 5.32 Å². The van der Waals surface area contributed by atoms with E-state index in [9.17, 15) is 0 Å². The molecule has 1 aromatic carbocycles. The fraction of sp³-hybridized carbons (Fsp3) is 0.588. The molecule has 1 atom stereocenters. The predicted octanol–water partition coefficient (Wildman–Crippen LogP) is 4.48. The van der Waals surface area contributed by atoms with Gasteiger partial charge < -0.3 is 9.88 Å². The molecule has 112 valence electrons. The summed E-state index contributed by atoms with van der Waals surface area (Å²) < 4.78 is 2.42. The van der Waals surface area contributed by atoms with Crippen molar-refractivity contribution in [2.75, 3.05) is 6.54 Å². The lowest BCUT2D eigenvalue weighted by Gasteiger charge is -2.39. The zero-order valence-electron chi connectivity index (χ0n) is 12.7. The van der Waals surface area contributed by atoms with Crippen molar-refractivity contribution in [3.8, 4) is 0 Å². The molecular weight excluding hydrogens is 282 g/mol. The maximum Gasteiger partial charge on any atom is 0.127 e. The summed E-state index contributed by atoms with van der Waals surface area (Å²) in [7, 11) is 0. The van der Waals surface area contributed by atoms with Crippen LogP contribution in [0.3, 0.4) is 0 Å². The van der Waals surface area contributed by atoms with E-state index in [-0.39, 0.29) is 5.41 Å². The van der Waals surface area contributed by atoms with Gasteiger partial charge in [0, 0.05) is 6.04 Å². The van der Waals surface area contributed by atoms with Gasteiger partial charge in [-0.2, -0.15) is 0 Å². The first-order chi connectivity index (χ1) is 10.1. The summed E-state index contributed by atoms with van der Waals surface area (Å²) in [5.74, 6) is 1.19. The van der Waals surface area contributed by atoms with Gasteiger partial charge in [-0.3, -0.25) is 0 Å². The molecule has 0 amide bonds. The van der Waals surface area contributed by atoms with Gasteiger partial charge in [-0.1, -0.05) is 31.5 Å². The molecule has 1 aliphatic carbocycles. The molecule has 1 aromatic heterocycles.